The summed E-state index contributed by atoms with van der Waals surface area (Å²) in [4.78, 5) is 12.8. The van der Waals surface area contributed by atoms with Crippen LogP contribution in [0.4, 0.5) is 0 Å². The standard InChI is InChI=1S/C20H26N4O2S/c1-6-9-24-13(3)11-17(14(24)4)18(25)12-27-20-22-21-19(23(20)7-2)16-8-10-26-15(16)5/h8,10-11H,6-7,9,12H2,1-5H3. The maximum Gasteiger partial charge on any atom is 0.191 e. The first-order valence-corrected chi connectivity index (χ1v) is 10.3. The van der Waals surface area contributed by atoms with Crippen molar-refractivity contribution in [3.63, 3.8) is 0 Å². The molecule has 0 unspecified atom stereocenters. The predicted molar refractivity (Wildman–Crippen MR) is 107 cm³/mol. The molecule has 27 heavy (non-hydrogen) atoms. The van der Waals surface area contributed by atoms with E-state index in [1.165, 1.54) is 11.8 Å². The van der Waals surface area contributed by atoms with E-state index in [9.17, 15) is 4.79 Å². The predicted octanol–water partition coefficient (Wildman–Crippen LogP) is 4.67. The van der Waals surface area contributed by atoms with Gasteiger partial charge in [-0.1, -0.05) is 18.7 Å². The molecule has 0 saturated heterocycles. The van der Waals surface area contributed by atoms with Gasteiger partial charge in [0.05, 0.1) is 17.6 Å². The molecule has 0 saturated carbocycles. The Hall–Kier alpha value is -2.28. The van der Waals surface area contributed by atoms with Crippen molar-refractivity contribution in [3.05, 3.63) is 41.1 Å². The lowest BCUT2D eigenvalue weighted by Gasteiger charge is -2.08. The molecule has 0 aliphatic rings. The molecule has 0 fully saturated rings. The monoisotopic (exact) mass is 386 g/mol. The van der Waals surface area contributed by atoms with Gasteiger partial charge in [-0.25, -0.2) is 0 Å². The minimum Gasteiger partial charge on any atom is -0.469 e. The van der Waals surface area contributed by atoms with Gasteiger partial charge in [0.25, 0.3) is 0 Å². The van der Waals surface area contributed by atoms with E-state index in [0.29, 0.717) is 5.75 Å². The van der Waals surface area contributed by atoms with E-state index in [0.717, 1.165) is 58.8 Å². The molecule has 0 aliphatic carbocycles. The first kappa shape index (κ1) is 19.5. The highest BCUT2D eigenvalue weighted by Crippen LogP contribution is 2.27. The summed E-state index contributed by atoms with van der Waals surface area (Å²) in [7, 11) is 0. The zero-order chi connectivity index (χ0) is 19.6. The van der Waals surface area contributed by atoms with Crippen LogP contribution in [0.2, 0.25) is 0 Å². The third kappa shape index (κ3) is 3.74. The SMILES string of the molecule is CCCn1c(C)cc(C(=O)CSc2nnc(-c3ccoc3C)n2CC)c1C. The Balaban J connectivity index is 1.78. The molecule has 3 aromatic heterocycles. The number of nitrogens with zero attached hydrogens (tertiary/aromatic N) is 4. The maximum atomic E-state index is 12.8. The fraction of sp³-hybridized carbons (Fsp3) is 0.450. The van der Waals surface area contributed by atoms with Crippen LogP contribution in [-0.2, 0) is 13.1 Å². The number of Topliss-reactive ketones (excluding diaryl/α,β-unsaturated/α-hetero) is 1. The van der Waals surface area contributed by atoms with Gasteiger partial charge in [-0.05, 0) is 46.2 Å². The topological polar surface area (TPSA) is 65.8 Å². The van der Waals surface area contributed by atoms with Crippen molar-refractivity contribution in [3.8, 4) is 11.4 Å². The van der Waals surface area contributed by atoms with Gasteiger partial charge >= 0.3 is 0 Å². The number of hydrogen-bond acceptors (Lipinski definition) is 5. The van der Waals surface area contributed by atoms with Crippen molar-refractivity contribution in [1.29, 1.82) is 0 Å². The molecule has 3 aromatic rings. The summed E-state index contributed by atoms with van der Waals surface area (Å²) in [5.74, 6) is 2.06. The number of thioether (sulfide) groups is 1. The van der Waals surface area contributed by atoms with E-state index in [2.05, 4.69) is 28.6 Å². The number of ketones is 1. The largest absolute Gasteiger partial charge is 0.469 e. The molecular weight excluding hydrogens is 360 g/mol. The Labute approximate surface area is 164 Å². The van der Waals surface area contributed by atoms with Crippen molar-refractivity contribution in [2.24, 2.45) is 0 Å². The number of aryl methyl sites for hydroxylation is 2. The van der Waals surface area contributed by atoms with E-state index in [-0.39, 0.29) is 5.78 Å². The van der Waals surface area contributed by atoms with Gasteiger partial charge in [0, 0.05) is 30.0 Å². The summed E-state index contributed by atoms with van der Waals surface area (Å²) < 4.78 is 9.62. The molecule has 0 N–H and O–H groups in total. The lowest BCUT2D eigenvalue weighted by molar-refractivity contribution is 0.102. The molecule has 0 aliphatic heterocycles. The summed E-state index contributed by atoms with van der Waals surface area (Å²) in [6.07, 6.45) is 2.70. The second-order valence-electron chi connectivity index (χ2n) is 6.59. The van der Waals surface area contributed by atoms with E-state index in [1.54, 1.807) is 6.26 Å². The molecule has 7 heteroatoms. The third-order valence-corrected chi connectivity index (χ3v) is 5.75. The molecule has 0 spiro atoms. The van der Waals surface area contributed by atoms with Gasteiger partial charge in [0.2, 0.25) is 0 Å². The highest BCUT2D eigenvalue weighted by Gasteiger charge is 2.19. The van der Waals surface area contributed by atoms with Gasteiger partial charge in [-0.3, -0.25) is 4.79 Å². The highest BCUT2D eigenvalue weighted by molar-refractivity contribution is 7.99. The van der Waals surface area contributed by atoms with Gasteiger partial charge in [0.15, 0.2) is 16.8 Å². The van der Waals surface area contributed by atoms with Crippen molar-refractivity contribution in [1.82, 2.24) is 19.3 Å². The molecule has 0 radical (unpaired) electrons. The smallest absolute Gasteiger partial charge is 0.191 e. The van der Waals surface area contributed by atoms with Crippen LogP contribution in [0.3, 0.4) is 0 Å². The summed E-state index contributed by atoms with van der Waals surface area (Å²) in [5, 5.41) is 9.37. The molecule has 144 valence electrons. The second-order valence-corrected chi connectivity index (χ2v) is 7.53. The molecule has 0 bridgehead atoms. The summed E-state index contributed by atoms with van der Waals surface area (Å²) in [5.41, 5.74) is 3.93. The second kappa shape index (κ2) is 8.17. The van der Waals surface area contributed by atoms with Gasteiger partial charge in [0.1, 0.15) is 5.76 Å². The van der Waals surface area contributed by atoms with Crippen molar-refractivity contribution < 1.29 is 9.21 Å². The number of furan rings is 1. The normalized spacial score (nSPS) is 11.3. The van der Waals surface area contributed by atoms with Crippen molar-refractivity contribution >= 4 is 17.5 Å². The Morgan fingerprint density at radius 1 is 1.19 bits per heavy atom. The van der Waals surface area contributed by atoms with Crippen molar-refractivity contribution in [2.75, 3.05) is 5.75 Å². The molecule has 0 aromatic carbocycles. The molecule has 0 atom stereocenters. The van der Waals surface area contributed by atoms with Crippen LogP contribution in [0.1, 0.15) is 47.8 Å². The quantitative estimate of drug-likeness (QED) is 0.416. The van der Waals surface area contributed by atoms with E-state index < -0.39 is 0 Å². The van der Waals surface area contributed by atoms with Gasteiger partial charge < -0.3 is 13.6 Å². The van der Waals surface area contributed by atoms with Gasteiger partial charge in [-0.2, -0.15) is 0 Å². The Bertz CT molecular complexity index is 951. The third-order valence-electron chi connectivity index (χ3n) is 4.79. The zero-order valence-corrected chi connectivity index (χ0v) is 17.4. The minimum atomic E-state index is 0.127. The molecular formula is C20H26N4O2S. The zero-order valence-electron chi connectivity index (χ0n) is 16.6. The fourth-order valence-electron chi connectivity index (χ4n) is 3.36. The number of carbonyl (C=O) groups is 1. The minimum absolute atomic E-state index is 0.127. The van der Waals surface area contributed by atoms with Gasteiger partial charge in [-0.15, -0.1) is 10.2 Å². The molecule has 6 nitrogen and oxygen atoms in total. The van der Waals surface area contributed by atoms with Crippen LogP contribution in [0.15, 0.2) is 28.0 Å². The summed E-state index contributed by atoms with van der Waals surface area (Å²) in [6.45, 7) is 11.9. The Morgan fingerprint density at radius 3 is 2.59 bits per heavy atom. The van der Waals surface area contributed by atoms with Crippen LogP contribution < -0.4 is 0 Å². The Kier molecular flexibility index (Phi) is 5.89. The number of hydrogen-bond donors (Lipinski definition) is 0. The summed E-state index contributed by atoms with van der Waals surface area (Å²) in [6, 6.07) is 3.90. The first-order valence-electron chi connectivity index (χ1n) is 9.28. The molecule has 3 rings (SSSR count). The highest BCUT2D eigenvalue weighted by atomic mass is 32.2. The molecule has 3 heterocycles. The fourth-order valence-corrected chi connectivity index (χ4v) is 4.24. The maximum absolute atomic E-state index is 12.8. The Morgan fingerprint density at radius 2 is 1.96 bits per heavy atom. The average Bonchev–Trinajstić information content (AvgIpc) is 3.32. The van der Waals surface area contributed by atoms with E-state index in [4.69, 9.17) is 4.42 Å². The van der Waals surface area contributed by atoms with E-state index in [1.807, 2.05) is 37.5 Å². The van der Waals surface area contributed by atoms with E-state index >= 15 is 0 Å². The summed E-state index contributed by atoms with van der Waals surface area (Å²) >= 11 is 1.44. The first-order chi connectivity index (χ1) is 13.0. The van der Waals surface area contributed by atoms with Crippen LogP contribution >= 0.6 is 11.8 Å². The number of rotatable bonds is 8. The van der Waals surface area contributed by atoms with Crippen molar-refractivity contribution in [2.45, 2.75) is 59.3 Å². The van der Waals surface area contributed by atoms with Crippen LogP contribution in [0, 0.1) is 20.8 Å². The lowest BCUT2D eigenvalue weighted by atomic mass is 10.2. The number of aromatic nitrogens is 4. The van der Waals surface area contributed by atoms with Crippen LogP contribution in [-0.4, -0.2) is 30.9 Å². The van der Waals surface area contributed by atoms with Crippen LogP contribution in [0.25, 0.3) is 11.4 Å². The molecule has 0 amide bonds. The lowest BCUT2D eigenvalue weighted by Crippen LogP contribution is -2.07. The van der Waals surface area contributed by atoms with Crippen LogP contribution in [0.5, 0.6) is 0 Å². The number of carbonyl (C=O) groups excluding carboxylic acids is 1. The average molecular weight is 387 g/mol.